The SMILES string of the molecule is O=c1c2ccccc2oc2c(Cc3ccc(O)cc3)[nH]c(-c3ccco3)c12. The summed E-state index contributed by atoms with van der Waals surface area (Å²) in [5.74, 6) is 0.795. The molecule has 0 saturated heterocycles. The first-order chi connectivity index (χ1) is 13.2. The molecule has 0 aliphatic carbocycles. The van der Waals surface area contributed by atoms with Crippen molar-refractivity contribution in [2.45, 2.75) is 6.42 Å². The van der Waals surface area contributed by atoms with Gasteiger partial charge >= 0.3 is 0 Å². The number of para-hydroxylation sites is 1. The van der Waals surface area contributed by atoms with Gasteiger partial charge in [0.2, 0.25) is 5.43 Å². The molecule has 27 heavy (non-hydrogen) atoms. The molecule has 3 heterocycles. The molecule has 0 saturated carbocycles. The number of benzene rings is 2. The van der Waals surface area contributed by atoms with Gasteiger partial charge in [-0.05, 0) is 42.0 Å². The summed E-state index contributed by atoms with van der Waals surface area (Å²) >= 11 is 0. The molecule has 5 aromatic rings. The molecule has 0 radical (unpaired) electrons. The fourth-order valence-electron chi connectivity index (χ4n) is 3.40. The number of nitrogens with one attached hydrogen (secondary N) is 1. The van der Waals surface area contributed by atoms with Crippen molar-refractivity contribution < 1.29 is 13.9 Å². The van der Waals surface area contributed by atoms with Gasteiger partial charge in [0.1, 0.15) is 11.3 Å². The Balaban J connectivity index is 1.80. The van der Waals surface area contributed by atoms with Crippen LogP contribution in [0.3, 0.4) is 0 Å². The lowest BCUT2D eigenvalue weighted by Crippen LogP contribution is -2.01. The molecule has 0 unspecified atom stereocenters. The van der Waals surface area contributed by atoms with Crippen LogP contribution in [0.25, 0.3) is 33.4 Å². The fourth-order valence-corrected chi connectivity index (χ4v) is 3.40. The lowest BCUT2D eigenvalue weighted by atomic mass is 10.1. The van der Waals surface area contributed by atoms with Crippen LogP contribution in [0.4, 0.5) is 0 Å². The van der Waals surface area contributed by atoms with Crippen molar-refractivity contribution in [1.29, 1.82) is 0 Å². The second-order valence-corrected chi connectivity index (χ2v) is 6.43. The van der Waals surface area contributed by atoms with Crippen molar-refractivity contribution >= 4 is 21.9 Å². The summed E-state index contributed by atoms with van der Waals surface area (Å²) in [4.78, 5) is 16.5. The van der Waals surface area contributed by atoms with Crippen LogP contribution in [0.5, 0.6) is 5.75 Å². The predicted molar refractivity (Wildman–Crippen MR) is 103 cm³/mol. The minimum atomic E-state index is -0.0912. The first-order valence-corrected chi connectivity index (χ1v) is 8.59. The van der Waals surface area contributed by atoms with E-state index in [2.05, 4.69) is 4.98 Å². The number of aromatic hydroxyl groups is 1. The van der Waals surface area contributed by atoms with Crippen LogP contribution in [0, 0.1) is 0 Å². The first kappa shape index (κ1) is 15.5. The van der Waals surface area contributed by atoms with E-state index in [0.717, 1.165) is 11.3 Å². The molecule has 132 valence electrons. The Morgan fingerprint density at radius 2 is 1.78 bits per heavy atom. The Labute approximate surface area is 153 Å². The summed E-state index contributed by atoms with van der Waals surface area (Å²) in [6, 6.07) is 17.8. The van der Waals surface area contributed by atoms with Gasteiger partial charge in [0, 0.05) is 6.42 Å². The van der Waals surface area contributed by atoms with E-state index in [0.29, 0.717) is 39.8 Å². The molecule has 5 rings (SSSR count). The van der Waals surface area contributed by atoms with E-state index in [-0.39, 0.29) is 11.2 Å². The highest BCUT2D eigenvalue weighted by Crippen LogP contribution is 2.32. The van der Waals surface area contributed by atoms with E-state index in [1.54, 1.807) is 36.6 Å². The zero-order chi connectivity index (χ0) is 18.4. The van der Waals surface area contributed by atoms with Gasteiger partial charge in [-0.1, -0.05) is 24.3 Å². The highest BCUT2D eigenvalue weighted by atomic mass is 16.3. The van der Waals surface area contributed by atoms with E-state index < -0.39 is 0 Å². The Bertz CT molecular complexity index is 1310. The molecule has 0 spiro atoms. The van der Waals surface area contributed by atoms with E-state index in [1.807, 2.05) is 30.3 Å². The van der Waals surface area contributed by atoms with Gasteiger partial charge in [0.15, 0.2) is 11.3 Å². The van der Waals surface area contributed by atoms with E-state index in [4.69, 9.17) is 8.83 Å². The lowest BCUT2D eigenvalue weighted by Gasteiger charge is -2.02. The second kappa shape index (κ2) is 5.92. The predicted octanol–water partition coefficient (Wildman–Crippen LogP) is 4.83. The highest BCUT2D eigenvalue weighted by molar-refractivity contribution is 5.99. The molecular formula is C22H15NO4. The maximum atomic E-state index is 13.2. The quantitative estimate of drug-likeness (QED) is 0.485. The number of H-pyrrole nitrogens is 1. The summed E-state index contributed by atoms with van der Waals surface area (Å²) in [6.45, 7) is 0. The topological polar surface area (TPSA) is 79.4 Å². The number of aromatic nitrogens is 1. The van der Waals surface area contributed by atoms with E-state index in [1.165, 1.54) is 0 Å². The van der Waals surface area contributed by atoms with Crippen molar-refractivity contribution in [2.75, 3.05) is 0 Å². The average molecular weight is 357 g/mol. The number of hydrogen-bond donors (Lipinski definition) is 2. The molecule has 5 nitrogen and oxygen atoms in total. The Hall–Kier alpha value is -3.73. The third-order valence-corrected chi connectivity index (χ3v) is 4.68. The Morgan fingerprint density at radius 1 is 0.963 bits per heavy atom. The monoisotopic (exact) mass is 357 g/mol. The summed E-state index contributed by atoms with van der Waals surface area (Å²) < 4.78 is 11.6. The van der Waals surface area contributed by atoms with Crippen LogP contribution in [-0.4, -0.2) is 10.1 Å². The van der Waals surface area contributed by atoms with Gasteiger partial charge < -0.3 is 18.9 Å². The number of fused-ring (bicyclic) bond motifs is 2. The molecule has 0 amide bonds. The highest BCUT2D eigenvalue weighted by Gasteiger charge is 2.21. The van der Waals surface area contributed by atoms with Crippen LogP contribution in [0.15, 0.2) is 80.6 Å². The fraction of sp³-hybridized carbons (Fsp3) is 0.0455. The lowest BCUT2D eigenvalue weighted by molar-refractivity contribution is 0.475. The normalized spacial score (nSPS) is 11.4. The summed E-state index contributed by atoms with van der Waals surface area (Å²) in [6.07, 6.45) is 2.10. The van der Waals surface area contributed by atoms with Crippen LogP contribution < -0.4 is 5.43 Å². The average Bonchev–Trinajstić information content (AvgIpc) is 3.32. The van der Waals surface area contributed by atoms with Crippen LogP contribution >= 0.6 is 0 Å². The second-order valence-electron chi connectivity index (χ2n) is 6.43. The van der Waals surface area contributed by atoms with Gasteiger partial charge in [-0.15, -0.1) is 0 Å². The third-order valence-electron chi connectivity index (χ3n) is 4.68. The number of rotatable bonds is 3. The van der Waals surface area contributed by atoms with Crippen molar-refractivity contribution in [2.24, 2.45) is 0 Å². The van der Waals surface area contributed by atoms with Crippen molar-refractivity contribution in [1.82, 2.24) is 4.98 Å². The molecule has 3 aromatic heterocycles. The van der Waals surface area contributed by atoms with Crippen LogP contribution in [0.2, 0.25) is 0 Å². The van der Waals surface area contributed by atoms with Gasteiger partial charge in [0.05, 0.1) is 28.4 Å². The van der Waals surface area contributed by atoms with E-state index >= 15 is 0 Å². The molecular weight excluding hydrogens is 342 g/mol. The zero-order valence-corrected chi connectivity index (χ0v) is 14.2. The maximum Gasteiger partial charge on any atom is 0.202 e. The smallest absolute Gasteiger partial charge is 0.202 e. The number of phenolic OH excluding ortho intramolecular Hbond substituents is 1. The van der Waals surface area contributed by atoms with Gasteiger partial charge in [-0.3, -0.25) is 4.79 Å². The maximum absolute atomic E-state index is 13.2. The number of phenols is 1. The zero-order valence-electron chi connectivity index (χ0n) is 14.2. The molecule has 2 N–H and O–H groups in total. The summed E-state index contributed by atoms with van der Waals surface area (Å²) in [5.41, 5.74) is 3.36. The van der Waals surface area contributed by atoms with Crippen LogP contribution in [0.1, 0.15) is 11.3 Å². The molecule has 0 aliphatic heterocycles. The largest absolute Gasteiger partial charge is 0.508 e. The molecule has 0 atom stereocenters. The molecule has 0 fully saturated rings. The van der Waals surface area contributed by atoms with Crippen molar-refractivity contribution in [3.05, 3.63) is 88.4 Å². The molecule has 0 aliphatic rings. The standard InChI is InChI=1S/C22H15NO4/c24-14-9-7-13(8-10-14)12-16-22-19(20(23-16)18-6-3-11-26-18)21(25)15-4-1-2-5-17(15)27-22/h1-11,23-24H,12H2. The first-order valence-electron chi connectivity index (χ1n) is 8.59. The summed E-state index contributed by atoms with van der Waals surface area (Å²) in [7, 11) is 0. The summed E-state index contributed by atoms with van der Waals surface area (Å²) in [5, 5.41) is 10.5. The van der Waals surface area contributed by atoms with Crippen molar-refractivity contribution in [3.63, 3.8) is 0 Å². The van der Waals surface area contributed by atoms with Gasteiger partial charge in [0.25, 0.3) is 0 Å². The minimum absolute atomic E-state index is 0.0912. The Kier molecular flexibility index (Phi) is 3.40. The molecule has 2 aromatic carbocycles. The molecule has 5 heteroatoms. The molecule has 0 bridgehead atoms. The Morgan fingerprint density at radius 3 is 2.56 bits per heavy atom. The number of furan rings is 1. The van der Waals surface area contributed by atoms with Gasteiger partial charge in [-0.25, -0.2) is 0 Å². The van der Waals surface area contributed by atoms with Crippen molar-refractivity contribution in [3.8, 4) is 17.2 Å². The van der Waals surface area contributed by atoms with Gasteiger partial charge in [-0.2, -0.15) is 0 Å². The van der Waals surface area contributed by atoms with E-state index in [9.17, 15) is 9.90 Å². The number of hydrogen-bond acceptors (Lipinski definition) is 4. The van der Waals surface area contributed by atoms with Crippen LogP contribution in [-0.2, 0) is 6.42 Å². The number of aromatic amines is 1. The third kappa shape index (κ3) is 2.52. The minimum Gasteiger partial charge on any atom is -0.508 e.